The second-order valence-electron chi connectivity index (χ2n) is 2.42. The summed E-state index contributed by atoms with van der Waals surface area (Å²) in [6.07, 6.45) is 0. The third-order valence-electron chi connectivity index (χ3n) is 1.33. The molecule has 0 radical (unpaired) electrons. The average molecular weight is 246 g/mol. The van der Waals surface area contributed by atoms with Crippen molar-refractivity contribution in [2.45, 2.75) is 11.9 Å². The second kappa shape index (κ2) is 4.23. The van der Waals surface area contributed by atoms with E-state index in [4.69, 9.17) is 4.74 Å². The van der Waals surface area contributed by atoms with E-state index < -0.39 is 4.92 Å². The maximum absolute atomic E-state index is 10.4. The first kappa shape index (κ1) is 9.98. The first-order valence-corrected chi connectivity index (χ1v) is 4.56. The number of hydrogen-bond donors (Lipinski definition) is 0. The molecular weight excluding hydrogens is 238 g/mol. The molecule has 1 aromatic carbocycles. The molecule has 0 heterocycles. The van der Waals surface area contributed by atoms with Crippen molar-refractivity contribution in [1.82, 2.24) is 0 Å². The monoisotopic (exact) mass is 245 g/mol. The van der Waals surface area contributed by atoms with Crippen molar-refractivity contribution in [3.05, 3.63) is 34.4 Å². The minimum Gasteiger partial charge on any atom is -0.479 e. The van der Waals surface area contributed by atoms with Crippen molar-refractivity contribution in [2.24, 2.45) is 0 Å². The van der Waals surface area contributed by atoms with Gasteiger partial charge in [-0.2, -0.15) is 0 Å². The number of ether oxygens (including phenoxy) is 1. The number of rotatable bonds is 3. The summed E-state index contributed by atoms with van der Waals surface area (Å²) in [6, 6.07) is 6.07. The van der Waals surface area contributed by atoms with E-state index in [1.54, 1.807) is 19.1 Å². The number of nitro groups is 1. The zero-order chi connectivity index (χ0) is 9.84. The van der Waals surface area contributed by atoms with Crippen LogP contribution in [0.4, 0.5) is 5.69 Å². The molecule has 1 unspecified atom stereocenters. The number of alkyl halides is 1. The molecule has 0 aliphatic heterocycles. The molecule has 0 aromatic heterocycles. The first-order valence-electron chi connectivity index (χ1n) is 3.65. The minimum absolute atomic E-state index is 0.0330. The van der Waals surface area contributed by atoms with E-state index in [1.807, 2.05) is 0 Å². The van der Waals surface area contributed by atoms with Crippen LogP contribution in [-0.4, -0.2) is 9.94 Å². The van der Waals surface area contributed by atoms with E-state index in [-0.39, 0.29) is 10.7 Å². The van der Waals surface area contributed by atoms with Crippen molar-refractivity contribution in [1.29, 1.82) is 0 Å². The second-order valence-corrected chi connectivity index (χ2v) is 3.70. The molecule has 1 rings (SSSR count). The third kappa shape index (κ3) is 3.02. The quantitative estimate of drug-likeness (QED) is 0.468. The van der Waals surface area contributed by atoms with Crippen LogP contribution in [0.3, 0.4) is 0 Å². The predicted octanol–water partition coefficient (Wildman–Crippen LogP) is 2.71. The standard InChI is InChI=1S/C8H8BrNO3/c1-6(9)13-8-4-2-3-7(5-8)10(11)12/h2-6H,1H3. The van der Waals surface area contributed by atoms with Gasteiger partial charge in [0.1, 0.15) is 5.75 Å². The molecule has 0 fully saturated rings. The summed E-state index contributed by atoms with van der Waals surface area (Å²) in [4.78, 5) is 9.92. The highest BCUT2D eigenvalue weighted by Crippen LogP contribution is 2.20. The van der Waals surface area contributed by atoms with E-state index in [1.165, 1.54) is 12.1 Å². The Kier molecular flexibility index (Phi) is 3.25. The normalized spacial score (nSPS) is 12.2. The van der Waals surface area contributed by atoms with Gasteiger partial charge in [-0.1, -0.05) is 6.07 Å². The van der Waals surface area contributed by atoms with Crippen LogP contribution in [0.15, 0.2) is 24.3 Å². The average Bonchev–Trinajstić information content (AvgIpc) is 2.03. The Hall–Kier alpha value is -1.10. The third-order valence-corrected chi connectivity index (χ3v) is 1.51. The van der Waals surface area contributed by atoms with Gasteiger partial charge < -0.3 is 4.74 Å². The lowest BCUT2D eigenvalue weighted by Gasteiger charge is -2.06. The summed E-state index contributed by atoms with van der Waals surface area (Å²) in [5.74, 6) is 0.485. The number of halogens is 1. The fourth-order valence-electron chi connectivity index (χ4n) is 0.858. The fourth-order valence-corrected chi connectivity index (χ4v) is 1.07. The van der Waals surface area contributed by atoms with Crippen LogP contribution >= 0.6 is 15.9 Å². The van der Waals surface area contributed by atoms with Crippen LogP contribution in [0, 0.1) is 10.1 Å². The zero-order valence-corrected chi connectivity index (χ0v) is 8.52. The maximum atomic E-state index is 10.4. The van der Waals surface area contributed by atoms with Crippen LogP contribution in [0.5, 0.6) is 5.75 Å². The summed E-state index contributed by atoms with van der Waals surface area (Å²) >= 11 is 3.18. The Balaban J connectivity index is 2.85. The minimum atomic E-state index is -0.453. The van der Waals surface area contributed by atoms with Gasteiger partial charge in [0.2, 0.25) is 0 Å². The first-order chi connectivity index (χ1) is 6.09. The lowest BCUT2D eigenvalue weighted by Crippen LogP contribution is -2.01. The molecule has 0 spiro atoms. The highest BCUT2D eigenvalue weighted by atomic mass is 79.9. The van der Waals surface area contributed by atoms with Crippen molar-refractivity contribution in [2.75, 3.05) is 0 Å². The SMILES string of the molecule is CC(Br)Oc1cccc([N+](=O)[O-])c1. The Bertz CT molecular complexity index is 314. The molecule has 1 aromatic rings. The van der Waals surface area contributed by atoms with Gasteiger partial charge in [-0.25, -0.2) is 0 Å². The molecule has 4 nitrogen and oxygen atoms in total. The molecule has 5 heteroatoms. The Morgan fingerprint density at radius 2 is 2.31 bits per heavy atom. The summed E-state index contributed by atoms with van der Waals surface area (Å²) in [5, 5.41) is 10.2. The Morgan fingerprint density at radius 3 is 2.85 bits per heavy atom. The molecule has 70 valence electrons. The van der Waals surface area contributed by atoms with Crippen LogP contribution < -0.4 is 4.74 Å². The summed E-state index contributed by atoms with van der Waals surface area (Å²) in [7, 11) is 0. The van der Waals surface area contributed by atoms with Crippen LogP contribution in [0.2, 0.25) is 0 Å². The van der Waals surface area contributed by atoms with Gasteiger partial charge in [-0.3, -0.25) is 10.1 Å². The zero-order valence-electron chi connectivity index (χ0n) is 6.94. The molecule has 0 aliphatic carbocycles. The van der Waals surface area contributed by atoms with Crippen molar-refractivity contribution < 1.29 is 9.66 Å². The molecular formula is C8H8BrNO3. The Labute approximate surface area is 83.8 Å². The number of nitro benzene ring substituents is 1. The fraction of sp³-hybridized carbons (Fsp3) is 0.250. The maximum Gasteiger partial charge on any atom is 0.273 e. The van der Waals surface area contributed by atoms with E-state index >= 15 is 0 Å². The molecule has 13 heavy (non-hydrogen) atoms. The molecule has 0 N–H and O–H groups in total. The van der Waals surface area contributed by atoms with E-state index in [2.05, 4.69) is 15.9 Å². The molecule has 0 amide bonds. The highest BCUT2D eigenvalue weighted by molar-refractivity contribution is 9.09. The lowest BCUT2D eigenvalue weighted by molar-refractivity contribution is -0.384. The van der Waals surface area contributed by atoms with Crippen LogP contribution in [0.1, 0.15) is 6.92 Å². The summed E-state index contributed by atoms with van der Waals surface area (Å²) < 4.78 is 5.22. The largest absolute Gasteiger partial charge is 0.479 e. The van der Waals surface area contributed by atoms with Gasteiger partial charge in [0.15, 0.2) is 5.01 Å². The van der Waals surface area contributed by atoms with Gasteiger partial charge in [0.05, 0.1) is 11.0 Å². The molecule has 0 bridgehead atoms. The van der Waals surface area contributed by atoms with Gasteiger partial charge >= 0.3 is 0 Å². The van der Waals surface area contributed by atoms with E-state index in [0.717, 1.165) is 0 Å². The van der Waals surface area contributed by atoms with Gasteiger partial charge in [0.25, 0.3) is 5.69 Å². The lowest BCUT2D eigenvalue weighted by atomic mass is 10.3. The summed E-state index contributed by atoms with van der Waals surface area (Å²) in [5.41, 5.74) is 0.0330. The van der Waals surface area contributed by atoms with Gasteiger partial charge in [0, 0.05) is 6.07 Å². The van der Waals surface area contributed by atoms with Crippen LogP contribution in [-0.2, 0) is 0 Å². The van der Waals surface area contributed by atoms with Crippen LogP contribution in [0.25, 0.3) is 0 Å². The number of hydrogen-bond acceptors (Lipinski definition) is 3. The predicted molar refractivity (Wildman–Crippen MR) is 52.1 cm³/mol. The smallest absolute Gasteiger partial charge is 0.273 e. The van der Waals surface area contributed by atoms with E-state index in [0.29, 0.717) is 5.75 Å². The molecule has 1 atom stereocenters. The highest BCUT2D eigenvalue weighted by Gasteiger charge is 2.07. The van der Waals surface area contributed by atoms with Crippen molar-refractivity contribution in [3.63, 3.8) is 0 Å². The van der Waals surface area contributed by atoms with E-state index in [9.17, 15) is 10.1 Å². The summed E-state index contributed by atoms with van der Waals surface area (Å²) in [6.45, 7) is 1.79. The molecule has 0 saturated heterocycles. The van der Waals surface area contributed by atoms with Gasteiger partial charge in [-0.15, -0.1) is 0 Å². The number of nitrogens with zero attached hydrogens (tertiary/aromatic N) is 1. The number of non-ortho nitro benzene ring substituents is 1. The Morgan fingerprint density at radius 1 is 1.62 bits per heavy atom. The van der Waals surface area contributed by atoms with Gasteiger partial charge in [-0.05, 0) is 28.9 Å². The van der Waals surface area contributed by atoms with Crippen molar-refractivity contribution in [3.8, 4) is 5.75 Å². The van der Waals surface area contributed by atoms with Crippen molar-refractivity contribution >= 4 is 21.6 Å². The topological polar surface area (TPSA) is 52.4 Å². The molecule has 0 saturated carbocycles. The molecule has 0 aliphatic rings. The number of benzene rings is 1.